The van der Waals surface area contributed by atoms with Gasteiger partial charge in [0.1, 0.15) is 11.9 Å². The zero-order valence-electron chi connectivity index (χ0n) is 15.8. The topological polar surface area (TPSA) is 54.4 Å². The van der Waals surface area contributed by atoms with Crippen LogP contribution in [0.1, 0.15) is 5.56 Å². The van der Waals surface area contributed by atoms with E-state index in [9.17, 15) is 9.18 Å². The first-order valence-electron chi connectivity index (χ1n) is 9.46. The number of anilines is 2. The molecule has 2 aliphatic heterocycles. The Hall–Kier alpha value is -2.45. The van der Waals surface area contributed by atoms with Crippen LogP contribution in [0, 0.1) is 5.82 Å². The predicted octanol–water partition coefficient (Wildman–Crippen LogP) is 3.87. The summed E-state index contributed by atoms with van der Waals surface area (Å²) in [7, 11) is 0. The number of carbonyl (C=O) groups excluding carboxylic acids is 1. The van der Waals surface area contributed by atoms with Gasteiger partial charge >= 0.3 is 6.09 Å². The molecule has 0 aliphatic carbocycles. The van der Waals surface area contributed by atoms with Crippen molar-refractivity contribution in [2.75, 3.05) is 49.2 Å². The summed E-state index contributed by atoms with van der Waals surface area (Å²) in [5.74, 6) is -0.353. The smallest absolute Gasteiger partial charge is 0.414 e. The Morgan fingerprint density at radius 3 is 2.66 bits per heavy atom. The minimum absolute atomic E-state index is 0.340. The molecule has 0 radical (unpaired) electrons. The largest absolute Gasteiger partial charge is 0.442 e. The Bertz CT molecular complexity index is 901. The van der Waals surface area contributed by atoms with Crippen molar-refractivity contribution >= 4 is 39.6 Å². The van der Waals surface area contributed by atoms with Gasteiger partial charge in [-0.3, -0.25) is 9.89 Å². The summed E-state index contributed by atoms with van der Waals surface area (Å²) in [4.78, 5) is 20.0. The highest BCUT2D eigenvalue weighted by molar-refractivity contribution is 9.10. The highest BCUT2D eigenvalue weighted by Gasteiger charge is 2.32. The van der Waals surface area contributed by atoms with Crippen LogP contribution in [-0.2, 0) is 9.47 Å². The van der Waals surface area contributed by atoms with E-state index in [1.165, 1.54) is 11.0 Å². The SMILES string of the molecule is O=C1O[C@@H](CN=Cc2ccc(Br)cc2)CN1c1ccc(N2CCOCC2)c(F)c1. The molecule has 2 saturated heterocycles. The van der Waals surface area contributed by atoms with Crippen molar-refractivity contribution in [2.45, 2.75) is 6.10 Å². The maximum Gasteiger partial charge on any atom is 0.414 e. The number of nitrogens with zero attached hydrogens (tertiary/aromatic N) is 3. The van der Waals surface area contributed by atoms with Gasteiger partial charge in [0.05, 0.1) is 37.7 Å². The van der Waals surface area contributed by atoms with E-state index in [-0.39, 0.29) is 11.9 Å². The van der Waals surface area contributed by atoms with E-state index in [2.05, 4.69) is 20.9 Å². The summed E-state index contributed by atoms with van der Waals surface area (Å²) >= 11 is 3.39. The van der Waals surface area contributed by atoms with Crippen LogP contribution in [0.5, 0.6) is 0 Å². The molecule has 2 aromatic rings. The van der Waals surface area contributed by atoms with Crippen LogP contribution in [0.25, 0.3) is 0 Å². The number of ether oxygens (including phenoxy) is 2. The summed E-state index contributed by atoms with van der Waals surface area (Å²) < 4.78 is 26.3. The van der Waals surface area contributed by atoms with Crippen molar-refractivity contribution in [3.63, 3.8) is 0 Å². The monoisotopic (exact) mass is 461 g/mol. The molecule has 29 heavy (non-hydrogen) atoms. The first-order chi connectivity index (χ1) is 14.1. The van der Waals surface area contributed by atoms with Gasteiger partial charge in [0.25, 0.3) is 0 Å². The second kappa shape index (κ2) is 8.92. The van der Waals surface area contributed by atoms with E-state index in [0.29, 0.717) is 50.8 Å². The standard InChI is InChI=1S/C21H21BrFN3O3/c22-16-3-1-15(2-4-16)12-24-13-18-14-26(21(27)29-18)17-5-6-20(19(23)11-17)25-7-9-28-10-8-25/h1-6,11-12,18H,7-10,13-14H2/t18-/m0/s1. The van der Waals surface area contributed by atoms with Gasteiger partial charge in [0.15, 0.2) is 0 Å². The Morgan fingerprint density at radius 1 is 1.17 bits per heavy atom. The van der Waals surface area contributed by atoms with Gasteiger partial charge in [0.2, 0.25) is 0 Å². The molecule has 0 N–H and O–H groups in total. The molecule has 2 fully saturated rings. The maximum atomic E-state index is 14.6. The number of hydrogen-bond acceptors (Lipinski definition) is 5. The van der Waals surface area contributed by atoms with Crippen molar-refractivity contribution < 1.29 is 18.7 Å². The number of halogens is 2. The fourth-order valence-corrected chi connectivity index (χ4v) is 3.64. The number of rotatable bonds is 5. The van der Waals surface area contributed by atoms with Crippen LogP contribution in [0.4, 0.5) is 20.6 Å². The third-order valence-electron chi connectivity index (χ3n) is 4.89. The zero-order valence-corrected chi connectivity index (χ0v) is 17.3. The molecule has 1 amide bonds. The molecule has 6 nitrogen and oxygen atoms in total. The zero-order chi connectivity index (χ0) is 20.2. The molecular formula is C21H21BrFN3O3. The molecule has 2 aliphatic rings. The van der Waals surface area contributed by atoms with Crippen molar-refractivity contribution in [3.05, 3.63) is 58.3 Å². The summed E-state index contributed by atoms with van der Waals surface area (Å²) in [6, 6.07) is 12.6. The van der Waals surface area contributed by atoms with Gasteiger partial charge in [-0.1, -0.05) is 28.1 Å². The van der Waals surface area contributed by atoms with E-state index >= 15 is 0 Å². The molecule has 2 heterocycles. The quantitative estimate of drug-likeness (QED) is 0.634. The third-order valence-corrected chi connectivity index (χ3v) is 5.42. The van der Waals surface area contributed by atoms with E-state index in [1.54, 1.807) is 18.3 Å². The van der Waals surface area contributed by atoms with E-state index in [0.717, 1.165) is 10.0 Å². The summed E-state index contributed by atoms with van der Waals surface area (Å²) in [5, 5.41) is 0. The fraction of sp³-hybridized carbons (Fsp3) is 0.333. The minimum atomic E-state index is -0.479. The Labute approximate surface area is 177 Å². The lowest BCUT2D eigenvalue weighted by Gasteiger charge is -2.29. The predicted molar refractivity (Wildman–Crippen MR) is 114 cm³/mol. The van der Waals surface area contributed by atoms with Crippen molar-refractivity contribution in [2.24, 2.45) is 4.99 Å². The molecule has 0 spiro atoms. The van der Waals surface area contributed by atoms with Gasteiger partial charge in [0, 0.05) is 23.8 Å². The lowest BCUT2D eigenvalue weighted by Crippen LogP contribution is -2.36. The van der Waals surface area contributed by atoms with Crippen LogP contribution in [0.3, 0.4) is 0 Å². The van der Waals surface area contributed by atoms with Gasteiger partial charge < -0.3 is 14.4 Å². The van der Waals surface area contributed by atoms with Gasteiger partial charge in [-0.05, 0) is 35.9 Å². The van der Waals surface area contributed by atoms with Crippen LogP contribution >= 0.6 is 15.9 Å². The highest BCUT2D eigenvalue weighted by atomic mass is 79.9. The average Bonchev–Trinajstić information content (AvgIpc) is 3.10. The van der Waals surface area contributed by atoms with Gasteiger partial charge in [-0.15, -0.1) is 0 Å². The Kier molecular flexibility index (Phi) is 6.10. The van der Waals surface area contributed by atoms with E-state index in [1.807, 2.05) is 29.2 Å². The lowest BCUT2D eigenvalue weighted by atomic mass is 10.2. The third kappa shape index (κ3) is 4.76. The molecule has 8 heteroatoms. The molecule has 4 rings (SSSR count). The number of hydrogen-bond donors (Lipinski definition) is 0. The van der Waals surface area contributed by atoms with Crippen LogP contribution < -0.4 is 9.80 Å². The van der Waals surface area contributed by atoms with E-state index in [4.69, 9.17) is 9.47 Å². The Morgan fingerprint density at radius 2 is 1.93 bits per heavy atom. The normalized spacial score (nSPS) is 19.8. The molecular weight excluding hydrogens is 441 g/mol. The van der Waals surface area contributed by atoms with Crippen LogP contribution in [-0.4, -0.2) is 57.8 Å². The first kappa shape index (κ1) is 19.8. The fourth-order valence-electron chi connectivity index (χ4n) is 3.38. The van der Waals surface area contributed by atoms with Crippen LogP contribution in [0.15, 0.2) is 51.9 Å². The maximum absolute atomic E-state index is 14.6. The van der Waals surface area contributed by atoms with Crippen molar-refractivity contribution in [1.29, 1.82) is 0 Å². The highest BCUT2D eigenvalue weighted by Crippen LogP contribution is 2.28. The summed E-state index contributed by atoms with van der Waals surface area (Å²) in [5.41, 5.74) is 1.99. The molecule has 152 valence electrons. The Balaban J connectivity index is 1.38. The second-order valence-corrected chi connectivity index (χ2v) is 7.81. The molecule has 1 atom stereocenters. The van der Waals surface area contributed by atoms with Gasteiger partial charge in [-0.2, -0.15) is 0 Å². The minimum Gasteiger partial charge on any atom is -0.442 e. The molecule has 0 unspecified atom stereocenters. The number of amides is 1. The lowest BCUT2D eigenvalue weighted by molar-refractivity contribution is 0.122. The van der Waals surface area contributed by atoms with Gasteiger partial charge in [-0.25, -0.2) is 9.18 Å². The summed E-state index contributed by atoms with van der Waals surface area (Å²) in [6.07, 6.45) is 0.906. The number of carbonyl (C=O) groups is 1. The van der Waals surface area contributed by atoms with E-state index < -0.39 is 6.09 Å². The molecule has 2 aromatic carbocycles. The number of aliphatic imine (C=N–C) groups is 1. The number of benzene rings is 2. The second-order valence-electron chi connectivity index (χ2n) is 6.90. The number of cyclic esters (lactones) is 1. The van der Waals surface area contributed by atoms with Crippen LogP contribution in [0.2, 0.25) is 0 Å². The van der Waals surface area contributed by atoms with Crippen molar-refractivity contribution in [1.82, 2.24) is 0 Å². The first-order valence-corrected chi connectivity index (χ1v) is 10.3. The number of morpholine rings is 1. The average molecular weight is 462 g/mol. The van der Waals surface area contributed by atoms with Crippen molar-refractivity contribution in [3.8, 4) is 0 Å². The molecule has 0 bridgehead atoms. The summed E-state index contributed by atoms with van der Waals surface area (Å²) in [6.45, 7) is 3.17. The molecule has 0 aromatic heterocycles. The molecule has 0 saturated carbocycles.